The average Bonchev–Trinajstić information content (AvgIpc) is 2.96. The lowest BCUT2D eigenvalue weighted by atomic mass is 9.99. The van der Waals surface area contributed by atoms with Crippen LogP contribution in [0.5, 0.6) is 0 Å². The van der Waals surface area contributed by atoms with Gasteiger partial charge < -0.3 is 4.57 Å². The molecule has 0 aliphatic carbocycles. The van der Waals surface area contributed by atoms with E-state index in [1.807, 2.05) is 7.05 Å². The average molecular weight is 338 g/mol. The van der Waals surface area contributed by atoms with Crippen molar-refractivity contribution in [1.29, 1.82) is 0 Å². The number of halogens is 1. The molecule has 0 spiro atoms. The van der Waals surface area contributed by atoms with Crippen LogP contribution >= 0.6 is 0 Å². The summed E-state index contributed by atoms with van der Waals surface area (Å²) in [6.07, 6.45) is 3.15. The Kier molecular flexibility index (Phi) is 4.20. The normalized spacial score (nSPS) is 19.9. The van der Waals surface area contributed by atoms with Gasteiger partial charge in [-0.15, -0.1) is 10.2 Å². The highest BCUT2D eigenvalue weighted by atomic mass is 32.2. The molecule has 0 N–H and O–H groups in total. The van der Waals surface area contributed by atoms with Crippen LogP contribution in [0.2, 0.25) is 0 Å². The number of hydrogen-bond acceptors (Lipinski definition) is 4. The van der Waals surface area contributed by atoms with E-state index in [2.05, 4.69) is 10.2 Å². The molecule has 6 nitrogen and oxygen atoms in total. The van der Waals surface area contributed by atoms with Crippen molar-refractivity contribution in [2.24, 2.45) is 7.05 Å². The Morgan fingerprint density at radius 1 is 1.35 bits per heavy atom. The van der Waals surface area contributed by atoms with E-state index in [1.165, 1.54) is 16.4 Å². The monoisotopic (exact) mass is 338 g/mol. The molecule has 2 aromatic rings. The fourth-order valence-electron chi connectivity index (χ4n) is 2.98. The van der Waals surface area contributed by atoms with Gasteiger partial charge in [0.15, 0.2) is 0 Å². The third-order valence-electron chi connectivity index (χ3n) is 4.20. The van der Waals surface area contributed by atoms with E-state index in [9.17, 15) is 12.8 Å². The number of piperidine rings is 1. The number of benzene rings is 1. The van der Waals surface area contributed by atoms with Crippen LogP contribution in [-0.2, 0) is 17.1 Å². The van der Waals surface area contributed by atoms with Crippen LogP contribution < -0.4 is 0 Å². The largest absolute Gasteiger partial charge is 0.320 e. The second kappa shape index (κ2) is 6.01. The summed E-state index contributed by atoms with van der Waals surface area (Å²) in [7, 11) is -2.01. The molecule has 8 heteroatoms. The van der Waals surface area contributed by atoms with E-state index in [4.69, 9.17) is 0 Å². The van der Waals surface area contributed by atoms with E-state index < -0.39 is 15.8 Å². The van der Waals surface area contributed by atoms with Gasteiger partial charge in [0, 0.05) is 26.1 Å². The van der Waals surface area contributed by atoms with Gasteiger partial charge in [0.25, 0.3) is 0 Å². The Balaban J connectivity index is 1.91. The van der Waals surface area contributed by atoms with Crippen molar-refractivity contribution in [2.45, 2.75) is 30.6 Å². The van der Waals surface area contributed by atoms with Crippen molar-refractivity contribution >= 4 is 10.0 Å². The number of sulfonamides is 1. The highest BCUT2D eigenvalue weighted by Crippen LogP contribution is 2.30. The molecule has 1 saturated heterocycles. The number of nitrogens with zero attached hydrogens (tertiary/aromatic N) is 4. The van der Waals surface area contributed by atoms with Crippen LogP contribution in [0, 0.1) is 12.7 Å². The van der Waals surface area contributed by atoms with Gasteiger partial charge in [0.1, 0.15) is 22.9 Å². The minimum Gasteiger partial charge on any atom is -0.320 e. The molecule has 1 atom stereocenters. The molecule has 0 saturated carbocycles. The molecular formula is C15H19FN4O2S. The van der Waals surface area contributed by atoms with Crippen molar-refractivity contribution in [1.82, 2.24) is 19.1 Å². The zero-order valence-corrected chi connectivity index (χ0v) is 13.9. The predicted molar refractivity (Wildman–Crippen MR) is 82.9 cm³/mol. The van der Waals surface area contributed by atoms with Crippen LogP contribution in [-0.4, -0.2) is 40.6 Å². The zero-order chi connectivity index (χ0) is 16.6. The summed E-state index contributed by atoms with van der Waals surface area (Å²) in [5, 5.41) is 7.93. The maximum Gasteiger partial charge on any atom is 0.246 e. The minimum absolute atomic E-state index is 0.0288. The second-order valence-electron chi connectivity index (χ2n) is 5.94. The summed E-state index contributed by atoms with van der Waals surface area (Å²) in [6.45, 7) is 2.43. The molecular weight excluding hydrogens is 319 g/mol. The fourth-order valence-corrected chi connectivity index (χ4v) is 4.65. The van der Waals surface area contributed by atoms with Gasteiger partial charge in [-0.05, 0) is 37.5 Å². The van der Waals surface area contributed by atoms with Crippen LogP contribution in [0.4, 0.5) is 4.39 Å². The number of aryl methyl sites for hydroxylation is 2. The Morgan fingerprint density at radius 2 is 2.13 bits per heavy atom. The molecule has 124 valence electrons. The van der Waals surface area contributed by atoms with E-state index in [-0.39, 0.29) is 10.8 Å². The van der Waals surface area contributed by atoms with Crippen molar-refractivity contribution in [3.8, 4) is 0 Å². The Labute approximate surface area is 135 Å². The lowest BCUT2D eigenvalue weighted by Crippen LogP contribution is -2.40. The van der Waals surface area contributed by atoms with Gasteiger partial charge >= 0.3 is 0 Å². The van der Waals surface area contributed by atoms with Crippen molar-refractivity contribution in [3.05, 3.63) is 41.7 Å². The van der Waals surface area contributed by atoms with Gasteiger partial charge in [-0.2, -0.15) is 4.31 Å². The zero-order valence-electron chi connectivity index (χ0n) is 13.1. The molecule has 1 aromatic carbocycles. The standard InChI is InChI=1S/C15H19FN4O2S/c1-11-5-6-13(16)14(8-11)23(21,22)20-7-3-4-12(9-20)15-18-17-10-19(15)2/h5-6,8,10,12H,3-4,7,9H2,1-2H3/t12-/m0/s1. The lowest BCUT2D eigenvalue weighted by molar-refractivity contribution is 0.305. The molecule has 1 aromatic heterocycles. The lowest BCUT2D eigenvalue weighted by Gasteiger charge is -2.31. The van der Waals surface area contributed by atoms with Gasteiger partial charge in [-0.25, -0.2) is 12.8 Å². The third-order valence-corrected chi connectivity index (χ3v) is 6.08. The summed E-state index contributed by atoms with van der Waals surface area (Å²) >= 11 is 0. The summed E-state index contributed by atoms with van der Waals surface area (Å²) in [6, 6.07) is 4.15. The topological polar surface area (TPSA) is 68.1 Å². The van der Waals surface area contributed by atoms with E-state index >= 15 is 0 Å². The Bertz CT molecular complexity index is 819. The molecule has 1 aliphatic heterocycles. The first-order valence-electron chi connectivity index (χ1n) is 7.50. The highest BCUT2D eigenvalue weighted by Gasteiger charge is 2.34. The van der Waals surface area contributed by atoms with Crippen LogP contribution in [0.15, 0.2) is 29.4 Å². The van der Waals surface area contributed by atoms with Gasteiger partial charge in [-0.3, -0.25) is 0 Å². The molecule has 1 fully saturated rings. The van der Waals surface area contributed by atoms with Crippen LogP contribution in [0.25, 0.3) is 0 Å². The number of rotatable bonds is 3. The summed E-state index contributed by atoms with van der Waals surface area (Å²) in [5.74, 6) is 0.0184. The van der Waals surface area contributed by atoms with Crippen molar-refractivity contribution in [3.63, 3.8) is 0 Å². The first-order valence-corrected chi connectivity index (χ1v) is 8.94. The molecule has 0 unspecified atom stereocenters. The van der Waals surface area contributed by atoms with Crippen LogP contribution in [0.3, 0.4) is 0 Å². The maximum absolute atomic E-state index is 14.0. The maximum atomic E-state index is 14.0. The summed E-state index contributed by atoms with van der Waals surface area (Å²) in [5.41, 5.74) is 0.715. The van der Waals surface area contributed by atoms with E-state index in [0.717, 1.165) is 12.2 Å². The number of hydrogen-bond donors (Lipinski definition) is 0. The predicted octanol–water partition coefficient (Wildman–Crippen LogP) is 1.83. The van der Waals surface area contributed by atoms with E-state index in [1.54, 1.807) is 23.9 Å². The molecule has 1 aliphatic rings. The number of aromatic nitrogens is 3. The quantitative estimate of drug-likeness (QED) is 0.856. The highest BCUT2D eigenvalue weighted by molar-refractivity contribution is 7.89. The second-order valence-corrected chi connectivity index (χ2v) is 7.84. The molecule has 0 radical (unpaired) electrons. The van der Waals surface area contributed by atoms with Gasteiger partial charge in [0.05, 0.1) is 0 Å². The van der Waals surface area contributed by atoms with Crippen molar-refractivity contribution in [2.75, 3.05) is 13.1 Å². The van der Waals surface area contributed by atoms with Crippen LogP contribution in [0.1, 0.15) is 30.1 Å². The van der Waals surface area contributed by atoms with Crippen molar-refractivity contribution < 1.29 is 12.8 Å². The molecule has 0 amide bonds. The molecule has 2 heterocycles. The molecule has 3 rings (SSSR count). The summed E-state index contributed by atoms with van der Waals surface area (Å²) in [4.78, 5) is -0.254. The molecule has 23 heavy (non-hydrogen) atoms. The minimum atomic E-state index is -3.85. The third kappa shape index (κ3) is 3.00. The van der Waals surface area contributed by atoms with E-state index in [0.29, 0.717) is 25.1 Å². The first kappa shape index (κ1) is 16.1. The Morgan fingerprint density at radius 3 is 2.83 bits per heavy atom. The first-order chi connectivity index (χ1) is 10.9. The molecule has 0 bridgehead atoms. The Hall–Kier alpha value is -1.80. The van der Waals surface area contributed by atoms with Gasteiger partial charge in [-0.1, -0.05) is 6.07 Å². The van der Waals surface area contributed by atoms with Gasteiger partial charge in [0.2, 0.25) is 10.0 Å². The summed E-state index contributed by atoms with van der Waals surface area (Å²) < 4.78 is 42.8. The SMILES string of the molecule is Cc1ccc(F)c(S(=O)(=O)N2CCC[C@H](c3nncn3C)C2)c1. The fraction of sp³-hybridized carbons (Fsp3) is 0.467. The smallest absolute Gasteiger partial charge is 0.246 e.